The Morgan fingerprint density at radius 2 is 2.15 bits per heavy atom. The van der Waals surface area contributed by atoms with Crippen molar-refractivity contribution in [3.05, 3.63) is 0 Å². The first-order valence-corrected chi connectivity index (χ1v) is 7.19. The zero-order chi connectivity index (χ0) is 15.0. The quantitative estimate of drug-likeness (QED) is 0.712. The van der Waals surface area contributed by atoms with E-state index in [9.17, 15) is 9.90 Å². The Morgan fingerprint density at radius 3 is 2.55 bits per heavy atom. The number of alkyl carbamates (subject to hydrolysis) is 1. The first-order valence-electron chi connectivity index (χ1n) is 7.19. The molecule has 116 valence electrons. The maximum atomic E-state index is 12.1. The van der Waals surface area contributed by atoms with Crippen LogP contribution in [-0.4, -0.2) is 48.2 Å². The number of ether oxygens (including phenoxy) is 2. The van der Waals surface area contributed by atoms with E-state index in [1.807, 2.05) is 20.8 Å². The first-order chi connectivity index (χ1) is 9.22. The average Bonchev–Trinajstić information content (AvgIpc) is 2.71. The summed E-state index contributed by atoms with van der Waals surface area (Å²) >= 11 is 0. The second-order valence-electron chi connectivity index (χ2n) is 7.06. The van der Waals surface area contributed by atoms with Gasteiger partial charge in [0.2, 0.25) is 0 Å². The summed E-state index contributed by atoms with van der Waals surface area (Å²) in [5.74, 6) is 0. The van der Waals surface area contributed by atoms with Crippen molar-refractivity contribution in [2.45, 2.75) is 57.3 Å². The van der Waals surface area contributed by atoms with E-state index < -0.39 is 17.2 Å². The standard InChI is InChI=1S/C14H26N2O4/c1-12(2,3)20-11(18)16-14(4-5-19-9-14)13(8-15)6-10(17)7-13/h10,17H,4-9,15H2,1-3H3,(H,16,18). The van der Waals surface area contributed by atoms with Crippen LogP contribution in [0.1, 0.15) is 40.0 Å². The summed E-state index contributed by atoms with van der Waals surface area (Å²) in [7, 11) is 0. The van der Waals surface area contributed by atoms with Crippen LogP contribution in [0.5, 0.6) is 0 Å². The molecule has 6 nitrogen and oxygen atoms in total. The van der Waals surface area contributed by atoms with Crippen molar-refractivity contribution in [2.75, 3.05) is 19.8 Å². The van der Waals surface area contributed by atoms with Crippen LogP contribution < -0.4 is 11.1 Å². The number of rotatable bonds is 3. The lowest BCUT2D eigenvalue weighted by atomic mass is 9.55. The molecule has 20 heavy (non-hydrogen) atoms. The molecule has 4 N–H and O–H groups in total. The predicted octanol–water partition coefficient (Wildman–Crippen LogP) is 0.770. The van der Waals surface area contributed by atoms with Crippen LogP contribution >= 0.6 is 0 Å². The third-order valence-electron chi connectivity index (χ3n) is 4.42. The Balaban J connectivity index is 2.12. The molecular weight excluding hydrogens is 260 g/mol. The molecule has 6 heteroatoms. The third-order valence-corrected chi connectivity index (χ3v) is 4.42. The van der Waals surface area contributed by atoms with Gasteiger partial charge in [-0.05, 0) is 40.0 Å². The second-order valence-corrected chi connectivity index (χ2v) is 7.06. The normalized spacial score (nSPS) is 37.4. The van der Waals surface area contributed by atoms with Gasteiger partial charge in [0.15, 0.2) is 0 Å². The monoisotopic (exact) mass is 286 g/mol. The van der Waals surface area contributed by atoms with Gasteiger partial charge in [0, 0.05) is 18.6 Å². The van der Waals surface area contributed by atoms with Gasteiger partial charge < -0.3 is 25.6 Å². The van der Waals surface area contributed by atoms with E-state index in [1.54, 1.807) is 0 Å². The van der Waals surface area contributed by atoms with Gasteiger partial charge in [0.1, 0.15) is 5.60 Å². The zero-order valence-electron chi connectivity index (χ0n) is 12.6. The molecule has 0 bridgehead atoms. The average molecular weight is 286 g/mol. The Labute approximate surface area is 120 Å². The number of aliphatic hydroxyl groups is 1. The number of nitrogens with one attached hydrogen (secondary N) is 1. The fourth-order valence-corrected chi connectivity index (χ4v) is 3.31. The van der Waals surface area contributed by atoms with E-state index in [2.05, 4.69) is 5.32 Å². The van der Waals surface area contributed by atoms with E-state index in [-0.39, 0.29) is 11.5 Å². The van der Waals surface area contributed by atoms with Crippen LogP contribution in [0.25, 0.3) is 0 Å². The van der Waals surface area contributed by atoms with E-state index in [4.69, 9.17) is 15.2 Å². The zero-order valence-corrected chi connectivity index (χ0v) is 12.6. The molecule has 1 unspecified atom stereocenters. The minimum atomic E-state index is -0.542. The minimum absolute atomic E-state index is 0.292. The summed E-state index contributed by atoms with van der Waals surface area (Å²) in [6.45, 7) is 6.93. The molecule has 1 atom stereocenters. The van der Waals surface area contributed by atoms with Crippen molar-refractivity contribution < 1.29 is 19.4 Å². The van der Waals surface area contributed by atoms with Gasteiger partial charge in [-0.1, -0.05) is 0 Å². The maximum Gasteiger partial charge on any atom is 0.408 e. The fraction of sp³-hybridized carbons (Fsp3) is 0.929. The molecule has 2 fully saturated rings. The lowest BCUT2D eigenvalue weighted by Gasteiger charge is -2.55. The molecule has 2 rings (SSSR count). The van der Waals surface area contributed by atoms with E-state index >= 15 is 0 Å². The van der Waals surface area contributed by atoms with Crippen LogP contribution in [0.2, 0.25) is 0 Å². The van der Waals surface area contributed by atoms with Crippen LogP contribution in [0, 0.1) is 5.41 Å². The lowest BCUT2D eigenvalue weighted by molar-refractivity contribution is -0.0900. The van der Waals surface area contributed by atoms with Gasteiger partial charge in [0.25, 0.3) is 0 Å². The predicted molar refractivity (Wildman–Crippen MR) is 74.3 cm³/mol. The van der Waals surface area contributed by atoms with E-state index in [0.29, 0.717) is 39.0 Å². The van der Waals surface area contributed by atoms with Gasteiger partial charge in [-0.15, -0.1) is 0 Å². The number of hydrogen-bond acceptors (Lipinski definition) is 5. The summed E-state index contributed by atoms with van der Waals surface area (Å²) < 4.78 is 10.9. The minimum Gasteiger partial charge on any atom is -0.444 e. The highest BCUT2D eigenvalue weighted by molar-refractivity contribution is 5.69. The molecular formula is C14H26N2O4. The van der Waals surface area contributed by atoms with Gasteiger partial charge in [-0.3, -0.25) is 0 Å². The van der Waals surface area contributed by atoms with Crippen LogP contribution in [0.15, 0.2) is 0 Å². The number of amides is 1. The highest BCUT2D eigenvalue weighted by Gasteiger charge is 2.60. The van der Waals surface area contributed by atoms with Crippen molar-refractivity contribution in [2.24, 2.45) is 11.1 Å². The summed E-state index contributed by atoms with van der Waals surface area (Å²) in [6.07, 6.45) is 1.12. The third kappa shape index (κ3) is 2.77. The highest BCUT2D eigenvalue weighted by atomic mass is 16.6. The van der Waals surface area contributed by atoms with Crippen molar-refractivity contribution in [3.63, 3.8) is 0 Å². The number of nitrogens with two attached hydrogens (primary N) is 1. The van der Waals surface area contributed by atoms with Gasteiger partial charge in [-0.2, -0.15) is 0 Å². The van der Waals surface area contributed by atoms with Crippen molar-refractivity contribution in [1.82, 2.24) is 5.32 Å². The molecule has 0 aromatic carbocycles. The number of carbonyl (C=O) groups is 1. The molecule has 0 aromatic rings. The summed E-state index contributed by atoms with van der Waals surface area (Å²) in [5.41, 5.74) is 4.58. The van der Waals surface area contributed by atoms with Gasteiger partial charge >= 0.3 is 6.09 Å². The molecule has 2 aliphatic rings. The molecule has 1 saturated carbocycles. The van der Waals surface area contributed by atoms with Crippen molar-refractivity contribution in [1.29, 1.82) is 0 Å². The second kappa shape index (κ2) is 5.16. The molecule has 0 aromatic heterocycles. The topological polar surface area (TPSA) is 93.8 Å². The molecule has 1 heterocycles. The van der Waals surface area contributed by atoms with Gasteiger partial charge in [-0.25, -0.2) is 4.79 Å². The maximum absolute atomic E-state index is 12.1. The van der Waals surface area contributed by atoms with Crippen molar-refractivity contribution >= 4 is 6.09 Å². The molecule has 1 saturated heterocycles. The highest BCUT2D eigenvalue weighted by Crippen LogP contribution is 2.51. The number of carbonyl (C=O) groups excluding carboxylic acids is 1. The first kappa shape index (κ1) is 15.5. The Kier molecular flexibility index (Phi) is 4.01. The largest absolute Gasteiger partial charge is 0.444 e. The summed E-state index contributed by atoms with van der Waals surface area (Å²) in [5, 5.41) is 12.7. The van der Waals surface area contributed by atoms with Crippen LogP contribution in [0.3, 0.4) is 0 Å². The molecule has 1 amide bonds. The van der Waals surface area contributed by atoms with E-state index in [0.717, 1.165) is 0 Å². The Morgan fingerprint density at radius 1 is 1.50 bits per heavy atom. The number of hydrogen-bond donors (Lipinski definition) is 3. The molecule has 0 spiro atoms. The Bertz CT molecular complexity index is 366. The molecule has 1 aliphatic carbocycles. The Hall–Kier alpha value is -0.850. The van der Waals surface area contributed by atoms with E-state index in [1.165, 1.54) is 0 Å². The lowest BCUT2D eigenvalue weighted by Crippen LogP contribution is -2.69. The van der Waals surface area contributed by atoms with Crippen LogP contribution in [-0.2, 0) is 9.47 Å². The molecule has 1 aliphatic heterocycles. The SMILES string of the molecule is CC(C)(C)OC(=O)NC1(C2(CN)CC(O)C2)CCOC1. The van der Waals surface area contributed by atoms with Crippen molar-refractivity contribution in [3.8, 4) is 0 Å². The van der Waals surface area contributed by atoms with Gasteiger partial charge in [0.05, 0.1) is 18.2 Å². The smallest absolute Gasteiger partial charge is 0.408 e. The summed E-state index contributed by atoms with van der Waals surface area (Å²) in [4.78, 5) is 12.1. The van der Waals surface area contributed by atoms with Crippen LogP contribution in [0.4, 0.5) is 4.79 Å². The fourth-order valence-electron chi connectivity index (χ4n) is 3.31. The molecule has 0 radical (unpaired) electrons. The number of aliphatic hydroxyl groups excluding tert-OH is 1. The summed E-state index contributed by atoms with van der Waals surface area (Å²) in [6, 6.07) is 0.